The van der Waals surface area contributed by atoms with Crippen LogP contribution in [0.15, 0.2) is 18.2 Å². The van der Waals surface area contributed by atoms with Gasteiger partial charge in [0.2, 0.25) is 0 Å². The lowest BCUT2D eigenvalue weighted by Crippen LogP contribution is -2.26. The molecule has 18 heavy (non-hydrogen) atoms. The molecule has 1 aliphatic rings. The minimum absolute atomic E-state index is 0.241. The molecule has 0 radical (unpaired) electrons. The second-order valence-corrected chi connectivity index (χ2v) is 4.25. The maximum Gasteiger partial charge on any atom is 0.419 e. The van der Waals surface area contributed by atoms with Crippen LogP contribution in [0.2, 0.25) is 5.02 Å². The van der Waals surface area contributed by atoms with Crippen molar-refractivity contribution in [1.29, 1.82) is 0 Å². The number of hydrogen-bond donors (Lipinski definition) is 0. The fourth-order valence-corrected chi connectivity index (χ4v) is 1.73. The fourth-order valence-electron chi connectivity index (χ4n) is 1.47. The highest BCUT2D eigenvalue weighted by Gasteiger charge is 2.45. The number of benzene rings is 1. The summed E-state index contributed by atoms with van der Waals surface area (Å²) in [5.41, 5.74) is -0.688. The van der Waals surface area contributed by atoms with Gasteiger partial charge in [0.15, 0.2) is 6.10 Å². The first-order valence-corrected chi connectivity index (χ1v) is 5.51. The third kappa shape index (κ3) is 3.13. The molecule has 0 aliphatic carbocycles. The van der Waals surface area contributed by atoms with Gasteiger partial charge in [-0.2, -0.15) is 13.2 Å². The van der Waals surface area contributed by atoms with Gasteiger partial charge in [0.05, 0.1) is 13.2 Å². The van der Waals surface area contributed by atoms with Crippen LogP contribution in [0.25, 0.3) is 0 Å². The summed E-state index contributed by atoms with van der Waals surface area (Å²) in [4.78, 5) is 0. The molecule has 2 unspecified atom stereocenters. The maximum absolute atomic E-state index is 13.5. The molecule has 1 aromatic carbocycles. The molecule has 0 bridgehead atoms. The minimum atomic E-state index is -4.74. The van der Waals surface area contributed by atoms with Crippen LogP contribution in [0, 0.1) is 5.82 Å². The molecule has 0 aromatic heterocycles. The average molecular weight is 285 g/mol. The highest BCUT2D eigenvalue weighted by molar-refractivity contribution is 6.31. The van der Waals surface area contributed by atoms with E-state index in [2.05, 4.69) is 0 Å². The first kappa shape index (κ1) is 13.6. The molecule has 100 valence electrons. The van der Waals surface area contributed by atoms with Crippen molar-refractivity contribution in [3.8, 4) is 0 Å². The molecular weight excluding hydrogens is 276 g/mol. The monoisotopic (exact) mass is 284 g/mol. The van der Waals surface area contributed by atoms with Crippen LogP contribution >= 0.6 is 11.6 Å². The Morgan fingerprint density at radius 2 is 2.11 bits per heavy atom. The quantitative estimate of drug-likeness (QED) is 0.623. The van der Waals surface area contributed by atoms with Gasteiger partial charge < -0.3 is 9.47 Å². The van der Waals surface area contributed by atoms with Gasteiger partial charge in [-0.15, -0.1) is 0 Å². The third-order valence-electron chi connectivity index (χ3n) is 2.41. The van der Waals surface area contributed by atoms with Gasteiger partial charge in [0.1, 0.15) is 11.9 Å². The zero-order valence-electron chi connectivity index (χ0n) is 9.01. The van der Waals surface area contributed by atoms with Crippen LogP contribution in [0.3, 0.4) is 0 Å². The molecule has 0 saturated carbocycles. The smallest absolute Gasteiger partial charge is 0.371 e. The molecule has 1 fully saturated rings. The van der Waals surface area contributed by atoms with Crippen LogP contribution in [-0.2, 0) is 9.47 Å². The standard InChI is InChI=1S/C11H9ClF4O2/c12-7-2-1-3-8(13)9(7)10(11(14,15)16)18-5-6-4-17-6/h1-3,6,10H,4-5H2. The minimum Gasteiger partial charge on any atom is -0.371 e. The summed E-state index contributed by atoms with van der Waals surface area (Å²) in [5.74, 6) is -1.04. The lowest BCUT2D eigenvalue weighted by Gasteiger charge is -2.22. The molecule has 1 aliphatic heterocycles. The second kappa shape index (κ2) is 5.03. The highest BCUT2D eigenvalue weighted by Crippen LogP contribution is 2.40. The predicted molar refractivity (Wildman–Crippen MR) is 55.9 cm³/mol. The molecule has 7 heteroatoms. The SMILES string of the molecule is Fc1cccc(Cl)c1C(OCC1CO1)C(F)(F)F. The van der Waals surface area contributed by atoms with Gasteiger partial charge in [-0.1, -0.05) is 17.7 Å². The van der Waals surface area contributed by atoms with Crippen molar-refractivity contribution in [3.63, 3.8) is 0 Å². The van der Waals surface area contributed by atoms with E-state index in [0.717, 1.165) is 6.07 Å². The predicted octanol–water partition coefficient (Wildman–Crippen LogP) is 3.50. The summed E-state index contributed by atoms with van der Waals surface area (Å²) in [6, 6.07) is 3.34. The average Bonchev–Trinajstić information content (AvgIpc) is 3.04. The van der Waals surface area contributed by atoms with E-state index in [4.69, 9.17) is 21.1 Å². The molecule has 0 amide bonds. The van der Waals surface area contributed by atoms with E-state index in [1.165, 1.54) is 12.1 Å². The van der Waals surface area contributed by atoms with Crippen molar-refractivity contribution in [2.75, 3.05) is 13.2 Å². The molecule has 2 atom stereocenters. The van der Waals surface area contributed by atoms with E-state index in [9.17, 15) is 17.6 Å². The molecular formula is C11H9ClF4O2. The highest BCUT2D eigenvalue weighted by atomic mass is 35.5. The van der Waals surface area contributed by atoms with Gasteiger partial charge >= 0.3 is 6.18 Å². The van der Waals surface area contributed by atoms with Crippen LogP contribution in [0.1, 0.15) is 11.7 Å². The van der Waals surface area contributed by atoms with Gasteiger partial charge in [0, 0.05) is 10.6 Å². The van der Waals surface area contributed by atoms with Crippen LogP contribution in [-0.4, -0.2) is 25.5 Å². The summed E-state index contributed by atoms with van der Waals surface area (Å²) in [7, 11) is 0. The molecule has 1 saturated heterocycles. The van der Waals surface area contributed by atoms with Gasteiger partial charge in [0.25, 0.3) is 0 Å². The molecule has 0 N–H and O–H groups in total. The molecule has 1 aromatic rings. The van der Waals surface area contributed by atoms with Crippen molar-refractivity contribution >= 4 is 11.6 Å². The normalized spacial score (nSPS) is 20.8. The molecule has 2 nitrogen and oxygen atoms in total. The van der Waals surface area contributed by atoms with Crippen molar-refractivity contribution < 1.29 is 27.0 Å². The zero-order chi connectivity index (χ0) is 13.3. The first-order valence-electron chi connectivity index (χ1n) is 5.13. The zero-order valence-corrected chi connectivity index (χ0v) is 9.76. The topological polar surface area (TPSA) is 21.8 Å². The summed E-state index contributed by atoms with van der Waals surface area (Å²) in [6.45, 7) is 0.115. The lowest BCUT2D eigenvalue weighted by atomic mass is 10.1. The largest absolute Gasteiger partial charge is 0.419 e. The number of halogens is 5. The Labute approximate surface area is 105 Å². The fraction of sp³-hybridized carbons (Fsp3) is 0.455. The summed E-state index contributed by atoms with van der Waals surface area (Å²) in [5, 5.41) is -0.311. The van der Waals surface area contributed by atoms with E-state index in [-0.39, 0.29) is 17.7 Å². The van der Waals surface area contributed by atoms with E-state index >= 15 is 0 Å². The van der Waals surface area contributed by atoms with E-state index in [1.807, 2.05) is 0 Å². The second-order valence-electron chi connectivity index (χ2n) is 3.85. The van der Waals surface area contributed by atoms with Gasteiger partial charge in [-0.3, -0.25) is 0 Å². The number of rotatable bonds is 4. The van der Waals surface area contributed by atoms with Crippen molar-refractivity contribution in [3.05, 3.63) is 34.6 Å². The Morgan fingerprint density at radius 3 is 2.61 bits per heavy atom. The number of epoxide rings is 1. The summed E-state index contributed by atoms with van der Waals surface area (Å²) >= 11 is 5.61. The van der Waals surface area contributed by atoms with Crippen LogP contribution in [0.4, 0.5) is 17.6 Å². The first-order chi connectivity index (χ1) is 8.39. The van der Waals surface area contributed by atoms with E-state index in [1.54, 1.807) is 0 Å². The number of alkyl halides is 3. The van der Waals surface area contributed by atoms with E-state index < -0.39 is 23.7 Å². The Balaban J connectivity index is 2.26. The maximum atomic E-state index is 13.5. The Hall–Kier alpha value is -0.850. The Morgan fingerprint density at radius 1 is 1.44 bits per heavy atom. The summed E-state index contributed by atoms with van der Waals surface area (Å²) < 4.78 is 61.5. The van der Waals surface area contributed by atoms with Crippen LogP contribution < -0.4 is 0 Å². The van der Waals surface area contributed by atoms with Gasteiger partial charge in [-0.05, 0) is 12.1 Å². The Bertz CT molecular complexity index is 411. The lowest BCUT2D eigenvalue weighted by molar-refractivity contribution is -0.225. The van der Waals surface area contributed by atoms with E-state index in [0.29, 0.717) is 6.61 Å². The summed E-state index contributed by atoms with van der Waals surface area (Å²) in [6.07, 6.45) is -7.46. The molecule has 2 rings (SSSR count). The molecule has 0 spiro atoms. The third-order valence-corrected chi connectivity index (χ3v) is 2.74. The van der Waals surface area contributed by atoms with Gasteiger partial charge in [-0.25, -0.2) is 4.39 Å². The van der Waals surface area contributed by atoms with Crippen molar-refractivity contribution in [2.24, 2.45) is 0 Å². The molecule has 1 heterocycles. The Kier molecular flexibility index (Phi) is 3.79. The van der Waals surface area contributed by atoms with Crippen LogP contribution in [0.5, 0.6) is 0 Å². The number of ether oxygens (including phenoxy) is 2. The van der Waals surface area contributed by atoms with Crippen molar-refractivity contribution in [2.45, 2.75) is 18.4 Å². The number of hydrogen-bond acceptors (Lipinski definition) is 2. The van der Waals surface area contributed by atoms with Crippen molar-refractivity contribution in [1.82, 2.24) is 0 Å².